The Morgan fingerprint density at radius 3 is 2.62 bits per heavy atom. The molecule has 1 aromatic carbocycles. The minimum Gasteiger partial charge on any atom is -0.491 e. The average molecular weight is 403 g/mol. The molecule has 2 saturated heterocycles. The highest BCUT2D eigenvalue weighted by Gasteiger charge is 2.34. The molecule has 0 spiro atoms. The summed E-state index contributed by atoms with van der Waals surface area (Å²) in [7, 11) is 0. The summed E-state index contributed by atoms with van der Waals surface area (Å²) in [6, 6.07) is 7.59. The van der Waals surface area contributed by atoms with Gasteiger partial charge in [0.2, 0.25) is 5.91 Å². The monoisotopic (exact) mass is 403 g/mol. The van der Waals surface area contributed by atoms with E-state index in [1.807, 2.05) is 9.80 Å². The fourth-order valence-corrected chi connectivity index (χ4v) is 3.86. The third kappa shape index (κ3) is 4.64. The molecule has 6 nitrogen and oxygen atoms in total. The third-order valence-corrected chi connectivity index (χ3v) is 5.41. The molecule has 1 aromatic heterocycles. The second-order valence-corrected chi connectivity index (χ2v) is 7.29. The van der Waals surface area contributed by atoms with Gasteiger partial charge in [0, 0.05) is 25.3 Å². The third-order valence-electron chi connectivity index (χ3n) is 5.41. The lowest BCUT2D eigenvalue weighted by atomic mass is 10.0. The molecule has 2 fully saturated rings. The van der Waals surface area contributed by atoms with Crippen molar-refractivity contribution in [2.75, 3.05) is 37.7 Å². The number of anilines is 1. The predicted octanol–water partition coefficient (Wildman–Crippen LogP) is 2.64. The van der Waals surface area contributed by atoms with Crippen LogP contribution in [0.4, 0.5) is 14.5 Å². The normalized spacial score (nSPS) is 20.8. The van der Waals surface area contributed by atoms with Crippen LogP contribution in [0.25, 0.3) is 0 Å². The molecular weight excluding hydrogens is 380 g/mol. The van der Waals surface area contributed by atoms with E-state index in [9.17, 15) is 13.6 Å². The fraction of sp³-hybridized carbons (Fsp3) is 0.429. The number of hydrogen-bond donors (Lipinski definition) is 0. The standard InChI is InChI=1S/C21H23F2N3O3/c22-15-1-3-17(4-2-15)28-13-18-12-26(21(27)14-29-18)16-6-9-25(10-7-16)20-5-8-24-11-19(20)23/h1-5,8,11,16,18H,6-7,9-10,12-14H2. The Hall–Kier alpha value is -2.74. The van der Waals surface area contributed by atoms with Gasteiger partial charge in [-0.1, -0.05) is 0 Å². The van der Waals surface area contributed by atoms with Gasteiger partial charge >= 0.3 is 0 Å². The van der Waals surface area contributed by atoms with Crippen molar-refractivity contribution in [2.45, 2.75) is 25.0 Å². The van der Waals surface area contributed by atoms with Gasteiger partial charge in [-0.2, -0.15) is 0 Å². The number of ether oxygens (including phenoxy) is 2. The van der Waals surface area contributed by atoms with E-state index in [0.29, 0.717) is 31.1 Å². The highest BCUT2D eigenvalue weighted by atomic mass is 19.1. The predicted molar refractivity (Wildman–Crippen MR) is 103 cm³/mol. The SMILES string of the molecule is O=C1COC(COc2ccc(F)cc2)CN1C1CCN(c2ccncc2F)CC1. The molecule has 1 unspecified atom stereocenters. The minimum atomic E-state index is -0.327. The fourth-order valence-electron chi connectivity index (χ4n) is 3.86. The van der Waals surface area contributed by atoms with Crippen molar-refractivity contribution in [1.82, 2.24) is 9.88 Å². The first-order valence-electron chi connectivity index (χ1n) is 9.74. The zero-order valence-corrected chi connectivity index (χ0v) is 16.0. The van der Waals surface area contributed by atoms with E-state index in [1.165, 1.54) is 18.3 Å². The molecule has 0 N–H and O–H groups in total. The highest BCUT2D eigenvalue weighted by molar-refractivity contribution is 5.78. The van der Waals surface area contributed by atoms with Crippen LogP contribution in [0.1, 0.15) is 12.8 Å². The van der Waals surface area contributed by atoms with E-state index >= 15 is 0 Å². The molecule has 4 rings (SSSR count). The van der Waals surface area contributed by atoms with Gasteiger partial charge in [0.1, 0.15) is 30.9 Å². The molecule has 0 radical (unpaired) electrons. The van der Waals surface area contributed by atoms with E-state index in [2.05, 4.69) is 4.98 Å². The molecule has 8 heteroatoms. The summed E-state index contributed by atoms with van der Waals surface area (Å²) in [5.74, 6) is -0.116. The molecule has 154 valence electrons. The van der Waals surface area contributed by atoms with Crippen LogP contribution in [0, 0.1) is 11.6 Å². The molecule has 2 aromatic rings. The van der Waals surface area contributed by atoms with Crippen molar-refractivity contribution in [2.24, 2.45) is 0 Å². The van der Waals surface area contributed by atoms with E-state index < -0.39 is 0 Å². The Morgan fingerprint density at radius 2 is 1.90 bits per heavy atom. The first kappa shape index (κ1) is 19.6. The first-order chi connectivity index (χ1) is 14.1. The smallest absolute Gasteiger partial charge is 0.248 e. The number of morpholine rings is 1. The van der Waals surface area contributed by atoms with Gasteiger partial charge in [-0.05, 0) is 43.2 Å². The molecule has 1 amide bonds. The Bertz CT molecular complexity index is 841. The number of nitrogens with zero attached hydrogens (tertiary/aromatic N) is 3. The van der Waals surface area contributed by atoms with Gasteiger partial charge in [-0.25, -0.2) is 8.78 Å². The van der Waals surface area contributed by atoms with Gasteiger partial charge in [0.15, 0.2) is 5.82 Å². The minimum absolute atomic E-state index is 0.0244. The van der Waals surface area contributed by atoms with E-state index in [4.69, 9.17) is 9.47 Å². The molecule has 2 aliphatic heterocycles. The molecule has 29 heavy (non-hydrogen) atoms. The van der Waals surface area contributed by atoms with Gasteiger partial charge in [0.05, 0.1) is 18.4 Å². The Labute approximate surface area is 168 Å². The number of hydrogen-bond acceptors (Lipinski definition) is 5. The number of piperidine rings is 1. The maximum absolute atomic E-state index is 14.0. The van der Waals surface area contributed by atoms with Crippen LogP contribution < -0.4 is 9.64 Å². The second-order valence-electron chi connectivity index (χ2n) is 7.29. The lowest BCUT2D eigenvalue weighted by Crippen LogP contribution is -2.55. The number of carbonyl (C=O) groups is 1. The zero-order chi connectivity index (χ0) is 20.2. The molecule has 2 aliphatic rings. The number of aromatic nitrogens is 1. The number of halogens is 2. The molecule has 1 atom stereocenters. The summed E-state index contributed by atoms with van der Waals surface area (Å²) in [4.78, 5) is 20.0. The number of rotatable bonds is 5. The van der Waals surface area contributed by atoms with Crippen molar-refractivity contribution in [1.29, 1.82) is 0 Å². The number of pyridine rings is 1. The Balaban J connectivity index is 1.31. The van der Waals surface area contributed by atoms with Crippen LogP contribution in [0.2, 0.25) is 0 Å². The van der Waals surface area contributed by atoms with Crippen LogP contribution in [-0.2, 0) is 9.53 Å². The average Bonchev–Trinajstić information content (AvgIpc) is 2.75. The molecule has 3 heterocycles. The summed E-state index contributed by atoms with van der Waals surface area (Å²) in [6.07, 6.45) is 4.09. The summed E-state index contributed by atoms with van der Waals surface area (Å²) < 4.78 is 38.2. The number of amides is 1. The van der Waals surface area contributed by atoms with Crippen molar-refractivity contribution >= 4 is 11.6 Å². The van der Waals surface area contributed by atoms with Crippen molar-refractivity contribution < 1.29 is 23.0 Å². The van der Waals surface area contributed by atoms with Gasteiger partial charge in [-0.3, -0.25) is 9.78 Å². The van der Waals surface area contributed by atoms with Crippen LogP contribution in [0.3, 0.4) is 0 Å². The summed E-state index contributed by atoms with van der Waals surface area (Å²) >= 11 is 0. The second kappa shape index (κ2) is 8.73. The number of carbonyl (C=O) groups excluding carboxylic acids is 1. The van der Waals surface area contributed by atoms with E-state index in [0.717, 1.165) is 12.8 Å². The molecule has 0 aliphatic carbocycles. The van der Waals surface area contributed by atoms with Crippen LogP contribution in [-0.4, -0.2) is 60.8 Å². The summed E-state index contributed by atoms with van der Waals surface area (Å²) in [5, 5.41) is 0. The number of benzene rings is 1. The Kier molecular flexibility index (Phi) is 5.89. The van der Waals surface area contributed by atoms with Crippen molar-refractivity contribution in [3.05, 3.63) is 54.4 Å². The molecule has 0 bridgehead atoms. The zero-order valence-electron chi connectivity index (χ0n) is 16.0. The van der Waals surface area contributed by atoms with Crippen molar-refractivity contribution in [3.63, 3.8) is 0 Å². The van der Waals surface area contributed by atoms with E-state index in [-0.39, 0.29) is 42.9 Å². The largest absolute Gasteiger partial charge is 0.491 e. The quantitative estimate of drug-likeness (QED) is 0.768. The van der Waals surface area contributed by atoms with Gasteiger partial charge in [-0.15, -0.1) is 0 Å². The van der Waals surface area contributed by atoms with Crippen LogP contribution in [0.5, 0.6) is 5.75 Å². The highest BCUT2D eigenvalue weighted by Crippen LogP contribution is 2.26. The van der Waals surface area contributed by atoms with Crippen LogP contribution in [0.15, 0.2) is 42.7 Å². The first-order valence-corrected chi connectivity index (χ1v) is 9.74. The Morgan fingerprint density at radius 1 is 1.14 bits per heavy atom. The maximum Gasteiger partial charge on any atom is 0.248 e. The summed E-state index contributed by atoms with van der Waals surface area (Å²) in [6.45, 7) is 2.11. The topological polar surface area (TPSA) is 54.9 Å². The van der Waals surface area contributed by atoms with Gasteiger partial charge in [0.25, 0.3) is 0 Å². The van der Waals surface area contributed by atoms with Crippen LogP contribution >= 0.6 is 0 Å². The van der Waals surface area contributed by atoms with Gasteiger partial charge < -0.3 is 19.3 Å². The van der Waals surface area contributed by atoms with E-state index in [1.54, 1.807) is 24.4 Å². The summed E-state index contributed by atoms with van der Waals surface area (Å²) in [5.41, 5.74) is 0.553. The molecule has 0 saturated carbocycles. The molecular formula is C21H23F2N3O3. The lowest BCUT2D eigenvalue weighted by Gasteiger charge is -2.42. The van der Waals surface area contributed by atoms with Crippen molar-refractivity contribution in [3.8, 4) is 5.75 Å². The maximum atomic E-state index is 14.0. The lowest BCUT2D eigenvalue weighted by molar-refractivity contribution is -0.154.